The number of thiophene rings is 1. The monoisotopic (exact) mass is 250 g/mol. The van der Waals surface area contributed by atoms with E-state index >= 15 is 0 Å². The van der Waals surface area contributed by atoms with E-state index in [9.17, 15) is 0 Å². The molecule has 0 radical (unpaired) electrons. The molecular weight excluding hydrogens is 236 g/mol. The van der Waals surface area contributed by atoms with Gasteiger partial charge in [0.1, 0.15) is 6.61 Å². The average molecular weight is 250 g/mol. The highest BCUT2D eigenvalue weighted by Crippen LogP contribution is 2.14. The number of aliphatic hydroxyl groups excluding tert-OH is 1. The van der Waals surface area contributed by atoms with E-state index in [4.69, 9.17) is 9.84 Å². The van der Waals surface area contributed by atoms with Gasteiger partial charge in [-0.25, -0.2) is 4.98 Å². The molecule has 0 aromatic carbocycles. The van der Waals surface area contributed by atoms with Crippen molar-refractivity contribution in [3.05, 3.63) is 40.7 Å². The van der Waals surface area contributed by atoms with Crippen molar-refractivity contribution >= 4 is 17.0 Å². The summed E-state index contributed by atoms with van der Waals surface area (Å²) in [4.78, 5) is 5.41. The maximum atomic E-state index is 8.61. The Hall–Kier alpha value is -1.59. The van der Waals surface area contributed by atoms with E-state index in [2.05, 4.69) is 21.7 Å². The van der Waals surface area contributed by atoms with Gasteiger partial charge in [-0.15, -0.1) is 11.3 Å². The molecule has 0 fully saturated rings. The van der Waals surface area contributed by atoms with Crippen molar-refractivity contribution in [1.82, 2.24) is 4.98 Å². The van der Waals surface area contributed by atoms with E-state index in [1.807, 2.05) is 12.1 Å². The first-order valence-corrected chi connectivity index (χ1v) is 6.22. The quantitative estimate of drug-likeness (QED) is 0.824. The van der Waals surface area contributed by atoms with Crippen LogP contribution in [0, 0.1) is 0 Å². The Labute approximate surface area is 104 Å². The molecule has 2 aromatic rings. The first kappa shape index (κ1) is 11.9. The minimum Gasteiger partial charge on any atom is -0.475 e. The second-order valence-corrected chi connectivity index (χ2v) is 4.42. The highest BCUT2D eigenvalue weighted by atomic mass is 32.1. The summed E-state index contributed by atoms with van der Waals surface area (Å²) >= 11 is 1.72. The molecule has 17 heavy (non-hydrogen) atoms. The summed E-state index contributed by atoms with van der Waals surface area (Å²) in [5, 5.41) is 13.9. The van der Waals surface area contributed by atoms with E-state index in [-0.39, 0.29) is 13.2 Å². The number of nitrogens with one attached hydrogen (secondary N) is 1. The van der Waals surface area contributed by atoms with Gasteiger partial charge in [-0.05, 0) is 17.5 Å². The largest absolute Gasteiger partial charge is 0.475 e. The number of hydrogen-bond acceptors (Lipinski definition) is 5. The number of hydrogen-bond donors (Lipinski definition) is 2. The molecule has 2 rings (SSSR count). The molecule has 0 aliphatic heterocycles. The second-order valence-electron chi connectivity index (χ2n) is 3.39. The fourth-order valence-electron chi connectivity index (χ4n) is 1.32. The van der Waals surface area contributed by atoms with Crippen molar-refractivity contribution in [3.63, 3.8) is 0 Å². The maximum absolute atomic E-state index is 8.61. The van der Waals surface area contributed by atoms with Crippen LogP contribution in [0.3, 0.4) is 0 Å². The fourth-order valence-corrected chi connectivity index (χ4v) is 1.97. The standard InChI is InChI=1S/C12H14N2O2S/c15-5-6-16-12-4-3-10(8-14-12)13-9-11-2-1-7-17-11/h1-4,7-8,13,15H,5-6,9H2. The van der Waals surface area contributed by atoms with Gasteiger partial charge in [0.2, 0.25) is 5.88 Å². The van der Waals surface area contributed by atoms with Crippen molar-refractivity contribution in [3.8, 4) is 5.88 Å². The van der Waals surface area contributed by atoms with Crippen LogP contribution in [0.25, 0.3) is 0 Å². The van der Waals surface area contributed by atoms with Crippen LogP contribution in [0.5, 0.6) is 5.88 Å². The maximum Gasteiger partial charge on any atom is 0.213 e. The number of nitrogens with zero attached hydrogens (tertiary/aromatic N) is 1. The molecule has 2 heterocycles. The molecular formula is C12H14N2O2S. The van der Waals surface area contributed by atoms with Crippen LogP contribution in [-0.2, 0) is 6.54 Å². The van der Waals surface area contributed by atoms with E-state index in [1.165, 1.54) is 4.88 Å². The lowest BCUT2D eigenvalue weighted by Crippen LogP contribution is -2.03. The van der Waals surface area contributed by atoms with Crippen molar-refractivity contribution in [2.75, 3.05) is 18.5 Å². The predicted molar refractivity (Wildman–Crippen MR) is 68.5 cm³/mol. The minimum absolute atomic E-state index is 0.0000588. The van der Waals surface area contributed by atoms with Gasteiger partial charge < -0.3 is 15.2 Å². The Bertz CT molecular complexity index is 428. The van der Waals surface area contributed by atoms with Gasteiger partial charge in [0.05, 0.1) is 18.5 Å². The summed E-state index contributed by atoms with van der Waals surface area (Å²) in [5.41, 5.74) is 0.953. The van der Waals surface area contributed by atoms with Gasteiger partial charge in [0, 0.05) is 17.5 Å². The molecule has 0 atom stereocenters. The second kappa shape index (κ2) is 6.22. The third-order valence-electron chi connectivity index (χ3n) is 2.12. The molecule has 0 aliphatic carbocycles. The van der Waals surface area contributed by atoms with Gasteiger partial charge >= 0.3 is 0 Å². The zero-order valence-corrected chi connectivity index (χ0v) is 10.1. The van der Waals surface area contributed by atoms with Gasteiger partial charge in [-0.2, -0.15) is 0 Å². The Morgan fingerprint density at radius 1 is 1.35 bits per heavy atom. The molecule has 90 valence electrons. The minimum atomic E-state index is 0.0000588. The predicted octanol–water partition coefficient (Wildman–Crippen LogP) is 2.13. The van der Waals surface area contributed by atoms with Crippen LogP contribution in [0.2, 0.25) is 0 Å². The lowest BCUT2D eigenvalue weighted by Gasteiger charge is -2.06. The number of ether oxygens (including phenoxy) is 1. The number of rotatable bonds is 6. The van der Waals surface area contributed by atoms with Crippen LogP contribution in [-0.4, -0.2) is 23.3 Å². The SMILES string of the molecule is OCCOc1ccc(NCc2cccs2)cn1. The number of aromatic nitrogens is 1. The molecule has 0 spiro atoms. The molecule has 0 aliphatic rings. The molecule has 0 unspecified atom stereocenters. The Morgan fingerprint density at radius 2 is 2.29 bits per heavy atom. The van der Waals surface area contributed by atoms with Crippen molar-refractivity contribution in [1.29, 1.82) is 0 Å². The number of anilines is 1. The smallest absolute Gasteiger partial charge is 0.213 e. The lowest BCUT2D eigenvalue weighted by atomic mass is 10.4. The first-order valence-electron chi connectivity index (χ1n) is 5.34. The summed E-state index contributed by atoms with van der Waals surface area (Å²) in [6, 6.07) is 7.81. The summed E-state index contributed by atoms with van der Waals surface area (Å²) in [6.07, 6.45) is 1.72. The molecule has 0 saturated carbocycles. The molecule has 0 bridgehead atoms. The summed E-state index contributed by atoms with van der Waals surface area (Å²) in [7, 11) is 0. The Kier molecular flexibility index (Phi) is 4.35. The number of aliphatic hydroxyl groups is 1. The number of pyridine rings is 1. The average Bonchev–Trinajstić information content (AvgIpc) is 2.88. The van der Waals surface area contributed by atoms with Gasteiger partial charge in [0.15, 0.2) is 0 Å². The van der Waals surface area contributed by atoms with Crippen molar-refractivity contribution in [2.45, 2.75) is 6.54 Å². The van der Waals surface area contributed by atoms with Crippen LogP contribution in [0.1, 0.15) is 4.88 Å². The zero-order chi connectivity index (χ0) is 11.9. The molecule has 2 N–H and O–H groups in total. The van der Waals surface area contributed by atoms with Gasteiger partial charge in [-0.3, -0.25) is 0 Å². The van der Waals surface area contributed by atoms with Crippen molar-refractivity contribution in [2.24, 2.45) is 0 Å². The van der Waals surface area contributed by atoms with E-state index in [0.29, 0.717) is 5.88 Å². The van der Waals surface area contributed by atoms with E-state index in [1.54, 1.807) is 23.6 Å². The third kappa shape index (κ3) is 3.72. The van der Waals surface area contributed by atoms with Crippen LogP contribution in [0.4, 0.5) is 5.69 Å². The topological polar surface area (TPSA) is 54.4 Å². The van der Waals surface area contributed by atoms with Crippen LogP contribution >= 0.6 is 11.3 Å². The molecule has 5 heteroatoms. The van der Waals surface area contributed by atoms with Crippen molar-refractivity contribution < 1.29 is 9.84 Å². The Morgan fingerprint density at radius 3 is 2.94 bits per heavy atom. The normalized spacial score (nSPS) is 10.2. The highest BCUT2D eigenvalue weighted by molar-refractivity contribution is 7.09. The third-order valence-corrected chi connectivity index (χ3v) is 3.00. The lowest BCUT2D eigenvalue weighted by molar-refractivity contribution is 0.196. The summed E-state index contributed by atoms with van der Waals surface area (Å²) in [5.74, 6) is 0.528. The van der Waals surface area contributed by atoms with Crippen LogP contribution < -0.4 is 10.1 Å². The Balaban J connectivity index is 1.85. The van der Waals surface area contributed by atoms with Gasteiger partial charge in [0.25, 0.3) is 0 Å². The van der Waals surface area contributed by atoms with E-state index < -0.39 is 0 Å². The first-order chi connectivity index (χ1) is 8.38. The molecule has 4 nitrogen and oxygen atoms in total. The molecule has 2 aromatic heterocycles. The highest BCUT2D eigenvalue weighted by Gasteiger charge is 1.97. The molecule has 0 amide bonds. The fraction of sp³-hybridized carbons (Fsp3) is 0.250. The van der Waals surface area contributed by atoms with Crippen LogP contribution in [0.15, 0.2) is 35.8 Å². The zero-order valence-electron chi connectivity index (χ0n) is 9.30. The molecule has 0 saturated heterocycles. The van der Waals surface area contributed by atoms with Gasteiger partial charge in [-0.1, -0.05) is 6.07 Å². The summed E-state index contributed by atoms with van der Waals surface area (Å²) < 4.78 is 5.17. The summed E-state index contributed by atoms with van der Waals surface area (Å²) in [6.45, 7) is 1.07. The van der Waals surface area contributed by atoms with E-state index in [0.717, 1.165) is 12.2 Å².